The van der Waals surface area contributed by atoms with Crippen LogP contribution in [0.1, 0.15) is 37.9 Å². The van der Waals surface area contributed by atoms with E-state index in [-0.39, 0.29) is 22.6 Å². The maximum Gasteiger partial charge on any atom is 0.338 e. The van der Waals surface area contributed by atoms with E-state index in [2.05, 4.69) is 4.99 Å². The molecule has 0 fully saturated rings. The summed E-state index contributed by atoms with van der Waals surface area (Å²) in [5, 5.41) is 0. The van der Waals surface area contributed by atoms with Gasteiger partial charge in [-0.25, -0.2) is 9.79 Å². The molecule has 1 aliphatic heterocycles. The SMILES string of the molecule is COC(=O)C1=C(C)N=c2s/c(=C\c3ccc(OC(C)=O)cc3OC(C)=O)c(=O)n2[C@@H]1c1ccccc1. The summed E-state index contributed by atoms with van der Waals surface area (Å²) in [6.07, 6.45) is 1.57. The highest BCUT2D eigenvalue weighted by Crippen LogP contribution is 2.30. The summed E-state index contributed by atoms with van der Waals surface area (Å²) in [7, 11) is 1.28. The van der Waals surface area contributed by atoms with E-state index >= 15 is 0 Å². The summed E-state index contributed by atoms with van der Waals surface area (Å²) >= 11 is 1.14. The first kappa shape index (κ1) is 24.8. The van der Waals surface area contributed by atoms with Gasteiger partial charge in [0, 0.05) is 25.5 Å². The molecule has 3 aromatic rings. The van der Waals surface area contributed by atoms with Gasteiger partial charge in [0.2, 0.25) is 0 Å². The van der Waals surface area contributed by atoms with Crippen molar-refractivity contribution in [2.45, 2.75) is 26.8 Å². The van der Waals surface area contributed by atoms with Crippen LogP contribution < -0.4 is 24.4 Å². The molecule has 1 aromatic heterocycles. The van der Waals surface area contributed by atoms with Crippen LogP contribution in [0, 0.1) is 0 Å². The van der Waals surface area contributed by atoms with Gasteiger partial charge in [-0.1, -0.05) is 41.7 Å². The van der Waals surface area contributed by atoms with Crippen molar-refractivity contribution < 1.29 is 28.6 Å². The molecule has 1 atom stereocenters. The van der Waals surface area contributed by atoms with Gasteiger partial charge in [-0.3, -0.25) is 19.0 Å². The van der Waals surface area contributed by atoms with E-state index in [1.54, 1.807) is 19.1 Å². The predicted octanol–water partition coefficient (Wildman–Crippen LogP) is 2.26. The maximum absolute atomic E-state index is 13.6. The molecule has 0 N–H and O–H groups in total. The van der Waals surface area contributed by atoms with E-state index < -0.39 is 23.9 Å². The molecular formula is C26H22N2O7S. The van der Waals surface area contributed by atoms with E-state index in [0.29, 0.717) is 20.6 Å². The number of fused-ring (bicyclic) bond motifs is 1. The lowest BCUT2D eigenvalue weighted by Crippen LogP contribution is -2.39. The largest absolute Gasteiger partial charge is 0.466 e. The van der Waals surface area contributed by atoms with Gasteiger partial charge in [0.1, 0.15) is 11.5 Å². The Hall–Kier alpha value is -4.31. The summed E-state index contributed by atoms with van der Waals surface area (Å²) in [5.74, 6) is -1.36. The number of aromatic nitrogens is 1. The van der Waals surface area contributed by atoms with Crippen molar-refractivity contribution in [3.63, 3.8) is 0 Å². The van der Waals surface area contributed by atoms with Crippen molar-refractivity contribution in [1.82, 2.24) is 4.57 Å². The van der Waals surface area contributed by atoms with E-state index in [1.807, 2.05) is 30.3 Å². The van der Waals surface area contributed by atoms with Crippen LogP contribution in [0.2, 0.25) is 0 Å². The average Bonchev–Trinajstić information content (AvgIpc) is 3.13. The third kappa shape index (κ3) is 4.89. The summed E-state index contributed by atoms with van der Waals surface area (Å²) in [5.41, 5.74) is 1.50. The zero-order valence-corrected chi connectivity index (χ0v) is 20.8. The van der Waals surface area contributed by atoms with E-state index in [0.717, 1.165) is 16.9 Å². The molecule has 0 spiro atoms. The minimum Gasteiger partial charge on any atom is -0.466 e. The summed E-state index contributed by atoms with van der Waals surface area (Å²) in [6, 6.07) is 12.9. The van der Waals surface area contributed by atoms with Crippen molar-refractivity contribution in [1.29, 1.82) is 0 Å². The second-order valence-electron chi connectivity index (χ2n) is 7.87. The van der Waals surface area contributed by atoms with Gasteiger partial charge in [0.25, 0.3) is 5.56 Å². The minimum atomic E-state index is -0.726. The van der Waals surface area contributed by atoms with E-state index in [1.165, 1.54) is 37.7 Å². The smallest absolute Gasteiger partial charge is 0.338 e. The Bertz CT molecular complexity index is 1580. The predicted molar refractivity (Wildman–Crippen MR) is 131 cm³/mol. The Morgan fingerprint density at radius 3 is 2.36 bits per heavy atom. The van der Waals surface area contributed by atoms with Crippen LogP contribution in [0.4, 0.5) is 0 Å². The van der Waals surface area contributed by atoms with Crippen molar-refractivity contribution in [2.75, 3.05) is 7.11 Å². The monoisotopic (exact) mass is 506 g/mol. The quantitative estimate of drug-likeness (QED) is 0.385. The zero-order valence-electron chi connectivity index (χ0n) is 19.9. The highest BCUT2D eigenvalue weighted by molar-refractivity contribution is 7.07. The first-order valence-electron chi connectivity index (χ1n) is 10.9. The van der Waals surface area contributed by atoms with Crippen LogP contribution >= 0.6 is 11.3 Å². The number of hydrogen-bond donors (Lipinski definition) is 0. The lowest BCUT2D eigenvalue weighted by molar-refractivity contribution is -0.137. The van der Waals surface area contributed by atoms with Crippen LogP contribution in [0.15, 0.2) is 69.6 Å². The maximum atomic E-state index is 13.6. The molecule has 0 unspecified atom stereocenters. The van der Waals surface area contributed by atoms with Gasteiger partial charge in [0.05, 0.1) is 29.0 Å². The molecule has 184 valence electrons. The summed E-state index contributed by atoms with van der Waals surface area (Å²) in [4.78, 5) is 54.2. The highest BCUT2D eigenvalue weighted by atomic mass is 32.1. The number of carbonyl (C=O) groups excluding carboxylic acids is 3. The molecule has 0 amide bonds. The number of hydrogen-bond acceptors (Lipinski definition) is 9. The molecular weight excluding hydrogens is 484 g/mol. The van der Waals surface area contributed by atoms with E-state index in [4.69, 9.17) is 14.2 Å². The normalized spacial score (nSPS) is 15.1. The number of methoxy groups -OCH3 is 1. The molecule has 4 rings (SSSR count). The van der Waals surface area contributed by atoms with Crippen molar-refractivity contribution in [2.24, 2.45) is 4.99 Å². The number of nitrogens with zero attached hydrogens (tertiary/aromatic N) is 2. The molecule has 10 heteroatoms. The Labute approximate surface area is 209 Å². The Morgan fingerprint density at radius 1 is 1.03 bits per heavy atom. The number of benzene rings is 2. The third-order valence-corrected chi connectivity index (χ3v) is 6.31. The fourth-order valence-corrected chi connectivity index (χ4v) is 4.93. The molecule has 0 saturated carbocycles. The van der Waals surface area contributed by atoms with Crippen molar-refractivity contribution in [3.05, 3.63) is 90.6 Å². The number of carbonyl (C=O) groups is 3. The number of allylic oxidation sites excluding steroid dienone is 1. The van der Waals surface area contributed by atoms with Gasteiger partial charge in [-0.05, 0) is 30.7 Å². The van der Waals surface area contributed by atoms with Crippen LogP contribution in [-0.2, 0) is 19.1 Å². The van der Waals surface area contributed by atoms with Crippen LogP contribution in [0.25, 0.3) is 6.08 Å². The van der Waals surface area contributed by atoms with Gasteiger partial charge in [0.15, 0.2) is 4.80 Å². The summed E-state index contributed by atoms with van der Waals surface area (Å²) < 4.78 is 17.1. The second kappa shape index (κ2) is 10.1. The Morgan fingerprint density at radius 2 is 1.72 bits per heavy atom. The third-order valence-electron chi connectivity index (χ3n) is 5.33. The Kier molecular flexibility index (Phi) is 6.98. The molecule has 9 nitrogen and oxygen atoms in total. The van der Waals surface area contributed by atoms with Crippen LogP contribution in [0.5, 0.6) is 11.5 Å². The first-order chi connectivity index (χ1) is 17.2. The Balaban J connectivity index is 1.92. The number of rotatable bonds is 5. The minimum absolute atomic E-state index is 0.123. The first-order valence-corrected chi connectivity index (χ1v) is 11.7. The number of ether oxygens (including phenoxy) is 3. The van der Waals surface area contributed by atoms with Gasteiger partial charge in [-0.2, -0.15) is 0 Å². The van der Waals surface area contributed by atoms with Crippen molar-refractivity contribution in [3.8, 4) is 11.5 Å². The molecule has 36 heavy (non-hydrogen) atoms. The molecule has 2 aromatic carbocycles. The molecule has 1 aliphatic rings. The lowest BCUT2D eigenvalue weighted by Gasteiger charge is -2.24. The summed E-state index contributed by atoms with van der Waals surface area (Å²) in [6.45, 7) is 4.20. The van der Waals surface area contributed by atoms with Gasteiger partial charge >= 0.3 is 17.9 Å². The molecule has 0 saturated heterocycles. The molecule has 0 radical (unpaired) electrons. The number of thiazole rings is 1. The molecule has 2 heterocycles. The van der Waals surface area contributed by atoms with Crippen molar-refractivity contribution >= 4 is 35.3 Å². The lowest BCUT2D eigenvalue weighted by atomic mass is 9.96. The van der Waals surface area contributed by atoms with Crippen LogP contribution in [-0.4, -0.2) is 29.6 Å². The van der Waals surface area contributed by atoms with Crippen LogP contribution in [0.3, 0.4) is 0 Å². The zero-order chi connectivity index (χ0) is 26.0. The molecule has 0 bridgehead atoms. The number of esters is 3. The standard InChI is InChI=1S/C26H22N2O7S/c1-14-22(25(32)33-4)23(17-8-6-5-7-9-17)28-24(31)21(36-26(28)27-14)12-18-10-11-19(34-15(2)29)13-20(18)35-16(3)30/h5-13,23H,1-4H3/b21-12-/t23-/m1/s1. The fraction of sp³-hybridized carbons (Fsp3) is 0.192. The highest BCUT2D eigenvalue weighted by Gasteiger charge is 2.32. The fourth-order valence-electron chi connectivity index (χ4n) is 3.89. The average molecular weight is 507 g/mol. The van der Waals surface area contributed by atoms with Gasteiger partial charge < -0.3 is 14.2 Å². The topological polar surface area (TPSA) is 113 Å². The second-order valence-corrected chi connectivity index (χ2v) is 8.88. The van der Waals surface area contributed by atoms with E-state index in [9.17, 15) is 19.2 Å². The van der Waals surface area contributed by atoms with Gasteiger partial charge in [-0.15, -0.1) is 0 Å². The molecule has 0 aliphatic carbocycles.